The van der Waals surface area contributed by atoms with Crippen molar-refractivity contribution in [2.45, 2.75) is 13.8 Å². The summed E-state index contributed by atoms with van der Waals surface area (Å²) in [7, 11) is 0. The van der Waals surface area contributed by atoms with Crippen LogP contribution in [0.25, 0.3) is 69.9 Å². The van der Waals surface area contributed by atoms with Crippen LogP contribution in [0, 0.1) is 25.2 Å². The lowest BCUT2D eigenvalue weighted by Gasteiger charge is -2.13. The van der Waals surface area contributed by atoms with Crippen molar-refractivity contribution in [3.8, 4) is 34.0 Å². The van der Waals surface area contributed by atoms with Gasteiger partial charge in [0.25, 0.3) is 0 Å². The van der Waals surface area contributed by atoms with Crippen molar-refractivity contribution in [3.05, 3.63) is 138 Å². The Bertz CT molecular complexity index is 2400. The van der Waals surface area contributed by atoms with Gasteiger partial charge >= 0.3 is 0 Å². The molecule has 0 spiro atoms. The zero-order chi connectivity index (χ0) is 28.4. The van der Waals surface area contributed by atoms with Crippen LogP contribution in [-0.2, 0) is 0 Å². The highest BCUT2D eigenvalue weighted by molar-refractivity contribution is 7.26. The van der Waals surface area contributed by atoms with Gasteiger partial charge in [-0.2, -0.15) is 5.26 Å². The number of aryl methyl sites for hydroxylation is 2. The number of hydrogen-bond donors (Lipinski definition) is 0. The summed E-state index contributed by atoms with van der Waals surface area (Å²) in [4.78, 5) is 0. The van der Waals surface area contributed by atoms with Gasteiger partial charge in [-0.25, -0.2) is 0 Å². The van der Waals surface area contributed by atoms with Gasteiger partial charge in [-0.3, -0.25) is 0 Å². The summed E-state index contributed by atoms with van der Waals surface area (Å²) in [6.45, 7) is 4.37. The summed E-state index contributed by atoms with van der Waals surface area (Å²) in [5.41, 5.74) is 11.8. The molecule has 0 aliphatic rings. The standard InChI is InChI=1S/C39H26N2S/c1-24-9-3-4-11-29(24)33-21-26(18-17-25(33)2)27-19-20-36-34(22-27)30-12-5-6-15-35(30)41(36)37-16-8-14-32-31-13-7-10-28(23-40)38(31)42-39(32)37/h3-22H,1-2H3. The number of aromatic nitrogens is 1. The van der Waals surface area contributed by atoms with Gasteiger partial charge in [0.2, 0.25) is 0 Å². The minimum Gasteiger partial charge on any atom is -0.308 e. The molecule has 0 atom stereocenters. The number of nitrogens with zero attached hydrogens (tertiary/aromatic N) is 2. The third-order valence-electron chi connectivity index (χ3n) is 8.54. The van der Waals surface area contributed by atoms with Gasteiger partial charge in [0.15, 0.2) is 0 Å². The van der Waals surface area contributed by atoms with E-state index in [1.807, 2.05) is 12.1 Å². The van der Waals surface area contributed by atoms with E-state index in [0.29, 0.717) is 0 Å². The van der Waals surface area contributed by atoms with E-state index < -0.39 is 0 Å². The van der Waals surface area contributed by atoms with E-state index in [-0.39, 0.29) is 0 Å². The summed E-state index contributed by atoms with van der Waals surface area (Å²) < 4.78 is 4.64. The van der Waals surface area contributed by atoms with E-state index in [2.05, 4.69) is 134 Å². The molecule has 0 saturated heterocycles. The summed E-state index contributed by atoms with van der Waals surface area (Å²) in [5, 5.41) is 14.6. The van der Waals surface area contributed by atoms with Gasteiger partial charge in [-0.05, 0) is 83.6 Å². The average molecular weight is 555 g/mol. The molecule has 8 rings (SSSR count). The molecule has 3 heteroatoms. The normalized spacial score (nSPS) is 11.5. The highest BCUT2D eigenvalue weighted by Gasteiger charge is 2.18. The molecule has 198 valence electrons. The maximum atomic E-state index is 9.78. The molecule has 2 aromatic heterocycles. The first-order chi connectivity index (χ1) is 20.6. The summed E-state index contributed by atoms with van der Waals surface area (Å²) in [6.07, 6.45) is 0. The third-order valence-corrected chi connectivity index (χ3v) is 9.82. The molecule has 0 aliphatic heterocycles. The smallest absolute Gasteiger partial charge is 0.101 e. The molecule has 0 N–H and O–H groups in total. The lowest BCUT2D eigenvalue weighted by atomic mass is 9.92. The second-order valence-corrected chi connectivity index (χ2v) is 12.0. The van der Waals surface area contributed by atoms with Crippen LogP contribution in [0.2, 0.25) is 0 Å². The van der Waals surface area contributed by atoms with E-state index in [4.69, 9.17) is 0 Å². The fourth-order valence-electron chi connectivity index (χ4n) is 6.45. The van der Waals surface area contributed by atoms with Crippen LogP contribution < -0.4 is 0 Å². The van der Waals surface area contributed by atoms with Crippen LogP contribution in [0.15, 0.2) is 121 Å². The summed E-state index contributed by atoms with van der Waals surface area (Å²) >= 11 is 1.71. The van der Waals surface area contributed by atoms with Crippen molar-refractivity contribution < 1.29 is 0 Å². The van der Waals surface area contributed by atoms with Gasteiger partial charge < -0.3 is 4.57 Å². The predicted octanol–water partition coefficient (Wildman–Crippen LogP) is 11.0. The Morgan fingerprint density at radius 2 is 1.21 bits per heavy atom. The monoisotopic (exact) mass is 554 g/mol. The van der Waals surface area contributed by atoms with Gasteiger partial charge in [-0.1, -0.05) is 84.9 Å². The van der Waals surface area contributed by atoms with Crippen LogP contribution in [-0.4, -0.2) is 4.57 Å². The molecule has 0 radical (unpaired) electrons. The van der Waals surface area contributed by atoms with Crippen molar-refractivity contribution in [2.75, 3.05) is 0 Å². The lowest BCUT2D eigenvalue weighted by Crippen LogP contribution is -1.94. The van der Waals surface area contributed by atoms with E-state index in [0.717, 1.165) is 21.3 Å². The predicted molar refractivity (Wildman–Crippen MR) is 179 cm³/mol. The molecule has 6 aromatic carbocycles. The average Bonchev–Trinajstić information content (AvgIpc) is 3.57. The molecular weight excluding hydrogens is 529 g/mol. The first-order valence-corrected chi connectivity index (χ1v) is 15.0. The van der Waals surface area contributed by atoms with E-state index >= 15 is 0 Å². The van der Waals surface area contributed by atoms with Crippen LogP contribution in [0.3, 0.4) is 0 Å². The molecular formula is C39H26N2S. The third kappa shape index (κ3) is 3.63. The van der Waals surface area contributed by atoms with Gasteiger partial charge in [-0.15, -0.1) is 11.3 Å². The van der Waals surface area contributed by atoms with Crippen molar-refractivity contribution in [1.29, 1.82) is 5.26 Å². The first-order valence-electron chi connectivity index (χ1n) is 14.2. The van der Waals surface area contributed by atoms with Gasteiger partial charge in [0.1, 0.15) is 6.07 Å². The van der Waals surface area contributed by atoms with Crippen molar-refractivity contribution in [3.63, 3.8) is 0 Å². The molecule has 0 amide bonds. The molecule has 8 aromatic rings. The van der Waals surface area contributed by atoms with Gasteiger partial charge in [0.05, 0.1) is 31.7 Å². The largest absolute Gasteiger partial charge is 0.308 e. The van der Waals surface area contributed by atoms with Crippen LogP contribution in [0.5, 0.6) is 0 Å². The van der Waals surface area contributed by atoms with Gasteiger partial charge in [0, 0.05) is 21.5 Å². The SMILES string of the molecule is Cc1ccccc1-c1cc(-c2ccc3c(c2)c2ccccc2n3-c2cccc3c2sc2c(C#N)cccc23)ccc1C. The minimum atomic E-state index is 0.731. The molecule has 0 aliphatic carbocycles. The zero-order valence-corrected chi connectivity index (χ0v) is 24.2. The maximum absolute atomic E-state index is 9.78. The Morgan fingerprint density at radius 1 is 0.548 bits per heavy atom. The number of nitriles is 1. The van der Waals surface area contributed by atoms with Crippen molar-refractivity contribution >= 4 is 53.3 Å². The molecule has 42 heavy (non-hydrogen) atoms. The maximum Gasteiger partial charge on any atom is 0.101 e. The van der Waals surface area contributed by atoms with Crippen LogP contribution >= 0.6 is 11.3 Å². The number of benzene rings is 6. The first kappa shape index (κ1) is 24.6. The molecule has 0 fully saturated rings. The molecule has 0 saturated carbocycles. The molecule has 2 heterocycles. The van der Waals surface area contributed by atoms with E-state index in [1.54, 1.807) is 11.3 Å². The quantitative estimate of drug-likeness (QED) is 0.213. The Hall–Kier alpha value is -5.17. The second kappa shape index (κ2) is 9.45. The minimum absolute atomic E-state index is 0.731. The fourth-order valence-corrected chi connectivity index (χ4v) is 7.72. The summed E-state index contributed by atoms with van der Waals surface area (Å²) in [5.74, 6) is 0. The fraction of sp³-hybridized carbons (Fsp3) is 0.0513. The van der Waals surface area contributed by atoms with E-state index in [9.17, 15) is 5.26 Å². The zero-order valence-electron chi connectivity index (χ0n) is 23.3. The Labute approximate surface area is 248 Å². The summed E-state index contributed by atoms with van der Waals surface area (Å²) in [6, 6.07) is 45.9. The lowest BCUT2D eigenvalue weighted by molar-refractivity contribution is 1.20. The molecule has 0 unspecified atom stereocenters. The highest BCUT2D eigenvalue weighted by atomic mass is 32.1. The molecule has 0 bridgehead atoms. The molecule has 2 nitrogen and oxygen atoms in total. The number of thiophene rings is 1. The van der Waals surface area contributed by atoms with E-state index in [1.165, 1.54) is 65.3 Å². The number of hydrogen-bond acceptors (Lipinski definition) is 2. The van der Waals surface area contributed by atoms with Crippen molar-refractivity contribution in [1.82, 2.24) is 4.57 Å². The highest BCUT2D eigenvalue weighted by Crippen LogP contribution is 2.42. The Kier molecular flexibility index (Phi) is 5.54. The van der Waals surface area contributed by atoms with Crippen LogP contribution in [0.1, 0.15) is 16.7 Å². The number of fused-ring (bicyclic) bond motifs is 6. The van der Waals surface area contributed by atoms with Crippen LogP contribution in [0.4, 0.5) is 0 Å². The second-order valence-electron chi connectivity index (χ2n) is 11.0. The number of para-hydroxylation sites is 1. The Balaban J connectivity index is 1.37. The Morgan fingerprint density at radius 3 is 2.07 bits per heavy atom. The number of rotatable bonds is 3. The topological polar surface area (TPSA) is 28.7 Å². The van der Waals surface area contributed by atoms with Crippen molar-refractivity contribution in [2.24, 2.45) is 0 Å².